The van der Waals surface area contributed by atoms with Crippen LogP contribution < -0.4 is 5.63 Å². The number of phenols is 2. The summed E-state index contributed by atoms with van der Waals surface area (Å²) in [7, 11) is 0. The molecule has 0 atom stereocenters. The Kier molecular flexibility index (Phi) is 2.68. The van der Waals surface area contributed by atoms with E-state index in [1.165, 1.54) is 24.3 Å². The van der Waals surface area contributed by atoms with Crippen LogP contribution in [0.3, 0.4) is 0 Å². The second-order valence-corrected chi connectivity index (χ2v) is 4.30. The van der Waals surface area contributed by atoms with E-state index in [0.717, 1.165) is 12.1 Å². The number of rotatable bonds is 1. The Morgan fingerprint density at radius 2 is 1.65 bits per heavy atom. The van der Waals surface area contributed by atoms with Crippen molar-refractivity contribution in [3.05, 3.63) is 58.7 Å². The number of hydrogen-bond donors (Lipinski definition) is 2. The van der Waals surface area contributed by atoms with Crippen molar-refractivity contribution >= 4 is 11.0 Å². The summed E-state index contributed by atoms with van der Waals surface area (Å²) in [5, 5.41) is 19.3. The second-order valence-electron chi connectivity index (χ2n) is 4.30. The van der Waals surface area contributed by atoms with Crippen molar-refractivity contribution in [2.75, 3.05) is 0 Å². The van der Waals surface area contributed by atoms with Gasteiger partial charge >= 0.3 is 5.63 Å². The molecule has 100 valence electrons. The fourth-order valence-corrected chi connectivity index (χ4v) is 2.09. The standard InChI is InChI=1S/C15H9FO4/c16-11-4-2-1-3-8(11)9-6-15(19)20-14-7-13(18)12(17)5-10(9)14/h1-7,17-18H. The zero-order valence-electron chi connectivity index (χ0n) is 10.1. The van der Waals surface area contributed by atoms with E-state index in [1.807, 2.05) is 0 Å². The van der Waals surface area contributed by atoms with Crippen LogP contribution in [-0.4, -0.2) is 10.2 Å². The Labute approximate surface area is 112 Å². The summed E-state index contributed by atoms with van der Waals surface area (Å²) >= 11 is 0. The minimum Gasteiger partial charge on any atom is -0.504 e. The van der Waals surface area contributed by atoms with Crippen LogP contribution in [0.2, 0.25) is 0 Å². The lowest BCUT2D eigenvalue weighted by Crippen LogP contribution is -1.99. The Hall–Kier alpha value is -2.82. The maximum Gasteiger partial charge on any atom is 0.336 e. The minimum atomic E-state index is -0.666. The molecule has 0 unspecified atom stereocenters. The van der Waals surface area contributed by atoms with Gasteiger partial charge in [0.2, 0.25) is 0 Å². The normalized spacial score (nSPS) is 10.8. The molecule has 1 aromatic heterocycles. The van der Waals surface area contributed by atoms with Crippen molar-refractivity contribution in [2.24, 2.45) is 0 Å². The molecule has 2 aromatic carbocycles. The van der Waals surface area contributed by atoms with Crippen LogP contribution in [0.15, 0.2) is 51.7 Å². The fraction of sp³-hybridized carbons (Fsp3) is 0. The summed E-state index contributed by atoms with van der Waals surface area (Å²) < 4.78 is 18.8. The first-order chi connectivity index (χ1) is 9.56. The molecule has 3 aromatic rings. The molecule has 0 bridgehead atoms. The van der Waals surface area contributed by atoms with E-state index in [9.17, 15) is 19.4 Å². The monoisotopic (exact) mass is 272 g/mol. The molecule has 5 heteroatoms. The fourth-order valence-electron chi connectivity index (χ4n) is 2.09. The molecule has 0 spiro atoms. The van der Waals surface area contributed by atoms with Crippen LogP contribution in [0.5, 0.6) is 11.5 Å². The third-order valence-corrected chi connectivity index (χ3v) is 3.00. The van der Waals surface area contributed by atoms with E-state index < -0.39 is 17.2 Å². The molecule has 0 saturated carbocycles. The van der Waals surface area contributed by atoms with Gasteiger partial charge in [-0.3, -0.25) is 0 Å². The number of aromatic hydroxyl groups is 2. The third kappa shape index (κ3) is 1.89. The van der Waals surface area contributed by atoms with Gasteiger partial charge in [0.1, 0.15) is 11.4 Å². The van der Waals surface area contributed by atoms with Crippen molar-refractivity contribution in [3.8, 4) is 22.6 Å². The summed E-state index contributed by atoms with van der Waals surface area (Å²) in [4.78, 5) is 11.6. The minimum absolute atomic E-state index is 0.0750. The summed E-state index contributed by atoms with van der Waals surface area (Å²) in [5.41, 5.74) is -0.0768. The Morgan fingerprint density at radius 1 is 0.950 bits per heavy atom. The van der Waals surface area contributed by atoms with Gasteiger partial charge in [0.15, 0.2) is 11.5 Å². The molecule has 3 rings (SSSR count). The van der Waals surface area contributed by atoms with E-state index in [-0.39, 0.29) is 16.9 Å². The highest BCUT2D eigenvalue weighted by molar-refractivity contribution is 5.95. The predicted octanol–water partition coefficient (Wildman–Crippen LogP) is 3.01. The average Bonchev–Trinajstić information content (AvgIpc) is 2.41. The van der Waals surface area contributed by atoms with Crippen LogP contribution >= 0.6 is 0 Å². The number of halogens is 1. The second kappa shape index (κ2) is 4.38. The van der Waals surface area contributed by atoms with Crippen molar-refractivity contribution in [1.82, 2.24) is 0 Å². The Bertz CT molecular complexity index is 867. The van der Waals surface area contributed by atoms with Crippen molar-refractivity contribution in [3.63, 3.8) is 0 Å². The van der Waals surface area contributed by atoms with Crippen molar-refractivity contribution in [1.29, 1.82) is 0 Å². The number of phenolic OH excluding ortho intramolecular Hbond substituents is 2. The van der Waals surface area contributed by atoms with E-state index >= 15 is 0 Å². The first-order valence-corrected chi connectivity index (χ1v) is 5.81. The van der Waals surface area contributed by atoms with Gasteiger partial charge in [0.25, 0.3) is 0 Å². The molecular formula is C15H9FO4. The summed E-state index contributed by atoms with van der Waals surface area (Å²) in [6.07, 6.45) is 0. The van der Waals surface area contributed by atoms with Crippen LogP contribution in [0, 0.1) is 5.82 Å². The van der Waals surface area contributed by atoms with Gasteiger partial charge in [-0.25, -0.2) is 9.18 Å². The highest BCUT2D eigenvalue weighted by Crippen LogP contribution is 2.35. The van der Waals surface area contributed by atoms with Crippen LogP contribution in [0.1, 0.15) is 0 Å². The molecule has 0 aliphatic carbocycles. The molecular weight excluding hydrogens is 263 g/mol. The first kappa shape index (κ1) is 12.2. The molecule has 4 nitrogen and oxygen atoms in total. The van der Waals surface area contributed by atoms with Gasteiger partial charge in [-0.2, -0.15) is 0 Å². The van der Waals surface area contributed by atoms with E-state index in [0.29, 0.717) is 10.9 Å². The quantitative estimate of drug-likeness (QED) is 0.527. The highest BCUT2D eigenvalue weighted by atomic mass is 19.1. The van der Waals surface area contributed by atoms with Gasteiger partial charge in [-0.05, 0) is 12.1 Å². The van der Waals surface area contributed by atoms with Crippen LogP contribution in [-0.2, 0) is 0 Å². The Balaban J connectivity index is 2.44. The number of benzene rings is 2. The van der Waals surface area contributed by atoms with Gasteiger partial charge < -0.3 is 14.6 Å². The maximum atomic E-state index is 13.9. The molecule has 0 saturated heterocycles. The molecule has 0 aliphatic heterocycles. The zero-order chi connectivity index (χ0) is 14.3. The summed E-state index contributed by atoms with van der Waals surface area (Å²) in [5.74, 6) is -1.28. The lowest BCUT2D eigenvalue weighted by molar-refractivity contribution is 0.403. The van der Waals surface area contributed by atoms with E-state index in [4.69, 9.17) is 4.42 Å². The molecule has 0 aliphatic rings. The highest BCUT2D eigenvalue weighted by Gasteiger charge is 2.13. The van der Waals surface area contributed by atoms with Crippen LogP contribution in [0.4, 0.5) is 4.39 Å². The average molecular weight is 272 g/mol. The molecule has 20 heavy (non-hydrogen) atoms. The molecule has 0 radical (unpaired) electrons. The lowest BCUT2D eigenvalue weighted by Gasteiger charge is -2.07. The van der Waals surface area contributed by atoms with Gasteiger partial charge in [0, 0.05) is 28.6 Å². The van der Waals surface area contributed by atoms with E-state index in [2.05, 4.69) is 0 Å². The molecule has 1 heterocycles. The summed E-state index contributed by atoms with van der Waals surface area (Å²) in [6, 6.07) is 9.47. The van der Waals surface area contributed by atoms with Gasteiger partial charge in [-0.1, -0.05) is 18.2 Å². The molecule has 0 fully saturated rings. The van der Waals surface area contributed by atoms with Crippen molar-refractivity contribution < 1.29 is 19.0 Å². The number of hydrogen-bond acceptors (Lipinski definition) is 4. The maximum absolute atomic E-state index is 13.9. The zero-order valence-corrected chi connectivity index (χ0v) is 10.1. The smallest absolute Gasteiger partial charge is 0.336 e. The number of fused-ring (bicyclic) bond motifs is 1. The topological polar surface area (TPSA) is 70.7 Å². The summed E-state index contributed by atoms with van der Waals surface area (Å²) in [6.45, 7) is 0. The van der Waals surface area contributed by atoms with Gasteiger partial charge in [0.05, 0.1) is 0 Å². The predicted molar refractivity (Wildman–Crippen MR) is 71.2 cm³/mol. The first-order valence-electron chi connectivity index (χ1n) is 5.81. The SMILES string of the molecule is O=c1cc(-c2ccccc2F)c2cc(O)c(O)cc2o1. The third-order valence-electron chi connectivity index (χ3n) is 3.00. The lowest BCUT2D eigenvalue weighted by atomic mass is 10.0. The van der Waals surface area contributed by atoms with Gasteiger partial charge in [-0.15, -0.1) is 0 Å². The largest absolute Gasteiger partial charge is 0.504 e. The van der Waals surface area contributed by atoms with E-state index in [1.54, 1.807) is 6.07 Å². The Morgan fingerprint density at radius 3 is 2.40 bits per heavy atom. The molecule has 2 N–H and O–H groups in total. The van der Waals surface area contributed by atoms with Crippen LogP contribution in [0.25, 0.3) is 22.1 Å². The van der Waals surface area contributed by atoms with Crippen molar-refractivity contribution in [2.45, 2.75) is 0 Å². The molecule has 0 amide bonds.